The van der Waals surface area contributed by atoms with Crippen LogP contribution in [-0.2, 0) is 0 Å². The molecule has 3 nitrogen and oxygen atoms in total. The molecule has 1 aromatic rings. The molecule has 1 heterocycles. The molecule has 0 saturated carbocycles. The maximum atomic E-state index is 13.3. The summed E-state index contributed by atoms with van der Waals surface area (Å²) in [5.41, 5.74) is 0.369. The highest BCUT2D eigenvalue weighted by atomic mass is 19.1. The first-order valence-corrected chi connectivity index (χ1v) is 4.58. The predicted molar refractivity (Wildman–Crippen MR) is 54.6 cm³/mol. The highest BCUT2D eigenvalue weighted by Gasteiger charge is 2.05. The van der Waals surface area contributed by atoms with E-state index in [1.807, 2.05) is 19.1 Å². The molecule has 4 heteroatoms. The van der Waals surface area contributed by atoms with Crippen molar-refractivity contribution in [1.82, 2.24) is 9.97 Å². The topological polar surface area (TPSA) is 37.8 Å². The van der Waals surface area contributed by atoms with Crippen LogP contribution in [0.3, 0.4) is 0 Å². The minimum absolute atomic E-state index is 0.280. The number of halogens is 1. The standard InChI is InChI=1S/C10H14FN3/c1-3-4-5-6-12-10-9(11)8(2)13-7-14-10/h3-4,7H,5-6H2,1-2H3,(H,12,13,14)/b4-3+. The van der Waals surface area contributed by atoms with E-state index < -0.39 is 0 Å². The molecule has 0 fully saturated rings. The third-order valence-electron chi connectivity index (χ3n) is 1.80. The van der Waals surface area contributed by atoms with Gasteiger partial charge in [-0.05, 0) is 20.3 Å². The molecular formula is C10H14FN3. The van der Waals surface area contributed by atoms with Gasteiger partial charge in [-0.3, -0.25) is 0 Å². The average Bonchev–Trinajstić information content (AvgIpc) is 2.19. The first-order valence-electron chi connectivity index (χ1n) is 4.58. The van der Waals surface area contributed by atoms with Crippen LogP contribution < -0.4 is 5.32 Å². The van der Waals surface area contributed by atoms with Crippen molar-refractivity contribution in [2.75, 3.05) is 11.9 Å². The molecule has 0 saturated heterocycles. The van der Waals surface area contributed by atoms with Crippen LogP contribution in [-0.4, -0.2) is 16.5 Å². The Balaban J connectivity index is 2.54. The van der Waals surface area contributed by atoms with Crippen LogP contribution in [0.2, 0.25) is 0 Å². The van der Waals surface area contributed by atoms with Crippen LogP contribution in [0.15, 0.2) is 18.5 Å². The fraction of sp³-hybridized carbons (Fsp3) is 0.400. The SMILES string of the molecule is C/C=C/CCNc1ncnc(C)c1F. The summed E-state index contributed by atoms with van der Waals surface area (Å²) in [7, 11) is 0. The summed E-state index contributed by atoms with van der Waals surface area (Å²) in [5.74, 6) is -0.0880. The minimum atomic E-state index is -0.368. The van der Waals surface area contributed by atoms with Gasteiger partial charge in [-0.1, -0.05) is 12.2 Å². The predicted octanol–water partition coefficient (Wildman–Crippen LogP) is 2.30. The summed E-state index contributed by atoms with van der Waals surface area (Å²) in [6.07, 6.45) is 6.19. The third kappa shape index (κ3) is 2.80. The number of rotatable bonds is 4. The maximum absolute atomic E-state index is 13.3. The highest BCUT2D eigenvalue weighted by molar-refractivity contribution is 5.36. The maximum Gasteiger partial charge on any atom is 0.186 e. The lowest BCUT2D eigenvalue weighted by Crippen LogP contribution is -2.06. The second-order valence-corrected chi connectivity index (χ2v) is 2.91. The van der Waals surface area contributed by atoms with E-state index >= 15 is 0 Å². The van der Waals surface area contributed by atoms with Gasteiger partial charge in [-0.25, -0.2) is 14.4 Å². The lowest BCUT2D eigenvalue weighted by atomic mass is 10.3. The van der Waals surface area contributed by atoms with Crippen molar-refractivity contribution < 1.29 is 4.39 Å². The van der Waals surface area contributed by atoms with Crippen molar-refractivity contribution in [3.05, 3.63) is 30.0 Å². The summed E-state index contributed by atoms with van der Waals surface area (Å²) < 4.78 is 13.3. The molecule has 0 atom stereocenters. The molecule has 0 aromatic carbocycles. The Morgan fingerprint density at radius 3 is 3.00 bits per heavy atom. The molecule has 76 valence electrons. The lowest BCUT2D eigenvalue weighted by Gasteiger charge is -2.05. The Morgan fingerprint density at radius 1 is 1.50 bits per heavy atom. The van der Waals surface area contributed by atoms with Gasteiger partial charge >= 0.3 is 0 Å². The van der Waals surface area contributed by atoms with Gasteiger partial charge in [-0.15, -0.1) is 0 Å². The Bertz CT molecular complexity index is 323. The number of hydrogen-bond donors (Lipinski definition) is 1. The molecule has 0 aliphatic heterocycles. The average molecular weight is 195 g/mol. The quantitative estimate of drug-likeness (QED) is 0.591. The van der Waals surface area contributed by atoms with Gasteiger partial charge in [0.05, 0.1) is 5.69 Å². The van der Waals surface area contributed by atoms with E-state index in [-0.39, 0.29) is 11.6 Å². The number of aromatic nitrogens is 2. The van der Waals surface area contributed by atoms with E-state index in [9.17, 15) is 4.39 Å². The molecule has 1 aromatic heterocycles. The molecule has 0 amide bonds. The smallest absolute Gasteiger partial charge is 0.186 e. The van der Waals surface area contributed by atoms with Crippen LogP contribution in [0.25, 0.3) is 0 Å². The van der Waals surface area contributed by atoms with Crippen molar-refractivity contribution in [2.45, 2.75) is 20.3 Å². The van der Waals surface area contributed by atoms with Crippen LogP contribution in [0.5, 0.6) is 0 Å². The van der Waals surface area contributed by atoms with Gasteiger partial charge in [0.2, 0.25) is 0 Å². The van der Waals surface area contributed by atoms with Crippen molar-refractivity contribution in [3.63, 3.8) is 0 Å². The Kier molecular flexibility index (Phi) is 4.04. The van der Waals surface area contributed by atoms with E-state index in [0.717, 1.165) is 6.42 Å². The largest absolute Gasteiger partial charge is 0.367 e. The highest BCUT2D eigenvalue weighted by Crippen LogP contribution is 2.11. The summed E-state index contributed by atoms with van der Waals surface area (Å²) in [6.45, 7) is 4.25. The fourth-order valence-corrected chi connectivity index (χ4v) is 1.02. The second-order valence-electron chi connectivity index (χ2n) is 2.91. The fourth-order valence-electron chi connectivity index (χ4n) is 1.02. The summed E-state index contributed by atoms with van der Waals surface area (Å²) in [5, 5.41) is 2.91. The molecule has 14 heavy (non-hydrogen) atoms. The summed E-state index contributed by atoms with van der Waals surface area (Å²) in [4.78, 5) is 7.56. The van der Waals surface area contributed by atoms with Crippen molar-refractivity contribution >= 4 is 5.82 Å². The second kappa shape index (κ2) is 5.32. The van der Waals surface area contributed by atoms with Gasteiger partial charge in [0, 0.05) is 6.54 Å². The Labute approximate surface area is 83.1 Å². The Morgan fingerprint density at radius 2 is 2.29 bits per heavy atom. The zero-order valence-corrected chi connectivity index (χ0v) is 8.42. The molecule has 1 rings (SSSR count). The number of aryl methyl sites for hydroxylation is 1. The van der Waals surface area contributed by atoms with Crippen LogP contribution >= 0.6 is 0 Å². The van der Waals surface area contributed by atoms with Gasteiger partial charge in [0.1, 0.15) is 6.33 Å². The molecule has 0 radical (unpaired) electrons. The van der Waals surface area contributed by atoms with Crippen molar-refractivity contribution in [3.8, 4) is 0 Å². The van der Waals surface area contributed by atoms with Crippen LogP contribution in [0, 0.1) is 12.7 Å². The minimum Gasteiger partial charge on any atom is -0.367 e. The van der Waals surface area contributed by atoms with E-state index in [1.165, 1.54) is 6.33 Å². The van der Waals surface area contributed by atoms with Gasteiger partial charge in [0.25, 0.3) is 0 Å². The molecule has 0 aliphatic rings. The molecule has 0 spiro atoms. The van der Waals surface area contributed by atoms with E-state index in [1.54, 1.807) is 6.92 Å². The number of anilines is 1. The number of allylic oxidation sites excluding steroid dienone is 1. The molecule has 0 bridgehead atoms. The van der Waals surface area contributed by atoms with Crippen molar-refractivity contribution in [1.29, 1.82) is 0 Å². The molecule has 0 unspecified atom stereocenters. The van der Waals surface area contributed by atoms with Gasteiger partial charge in [-0.2, -0.15) is 0 Å². The van der Waals surface area contributed by atoms with E-state index in [4.69, 9.17) is 0 Å². The first kappa shape index (κ1) is 10.6. The monoisotopic (exact) mass is 195 g/mol. The summed E-state index contributed by atoms with van der Waals surface area (Å²) in [6, 6.07) is 0. The third-order valence-corrected chi connectivity index (χ3v) is 1.80. The number of nitrogens with one attached hydrogen (secondary N) is 1. The molecular weight excluding hydrogens is 181 g/mol. The first-order chi connectivity index (χ1) is 6.75. The van der Waals surface area contributed by atoms with Gasteiger partial charge < -0.3 is 5.32 Å². The Hall–Kier alpha value is -1.45. The van der Waals surface area contributed by atoms with Gasteiger partial charge in [0.15, 0.2) is 11.6 Å². The molecule has 1 N–H and O–H groups in total. The summed E-state index contributed by atoms with van der Waals surface area (Å²) >= 11 is 0. The van der Waals surface area contributed by atoms with Crippen LogP contribution in [0.4, 0.5) is 10.2 Å². The van der Waals surface area contributed by atoms with E-state index in [2.05, 4.69) is 15.3 Å². The zero-order valence-electron chi connectivity index (χ0n) is 8.42. The molecule has 0 aliphatic carbocycles. The van der Waals surface area contributed by atoms with Crippen molar-refractivity contribution in [2.24, 2.45) is 0 Å². The number of hydrogen-bond acceptors (Lipinski definition) is 3. The van der Waals surface area contributed by atoms with Crippen LogP contribution in [0.1, 0.15) is 19.0 Å². The lowest BCUT2D eigenvalue weighted by molar-refractivity contribution is 0.605. The zero-order chi connectivity index (χ0) is 10.4. The normalized spacial score (nSPS) is 10.8. The number of nitrogens with zero attached hydrogens (tertiary/aromatic N) is 2. The van der Waals surface area contributed by atoms with E-state index in [0.29, 0.717) is 12.2 Å².